The maximum Gasteiger partial charge on any atom is 0.256 e. The van der Waals surface area contributed by atoms with Crippen molar-refractivity contribution in [2.24, 2.45) is 0 Å². The van der Waals surface area contributed by atoms with Crippen LogP contribution in [0.5, 0.6) is 0 Å². The number of hydrogen-bond acceptors (Lipinski definition) is 1. The van der Waals surface area contributed by atoms with Crippen LogP contribution in [0.1, 0.15) is 10.4 Å². The van der Waals surface area contributed by atoms with E-state index in [0.29, 0.717) is 20.7 Å². The lowest BCUT2D eigenvalue weighted by Crippen LogP contribution is -2.13. The van der Waals surface area contributed by atoms with Gasteiger partial charge in [0.25, 0.3) is 5.91 Å². The molecule has 2 aromatic carbocycles. The molecule has 0 saturated heterocycles. The number of benzene rings is 2. The molecule has 0 aliphatic heterocycles. The standard InChI is InChI=1S/C13H7Br3ClNO/c14-7-1-4-12(11(16)5-7)18-13(19)9-6-8(17)2-3-10(9)15/h1-6H,(H,18,19). The van der Waals surface area contributed by atoms with Gasteiger partial charge in [-0.1, -0.05) is 27.5 Å². The van der Waals surface area contributed by atoms with Gasteiger partial charge in [-0.15, -0.1) is 0 Å². The fraction of sp³-hybridized carbons (Fsp3) is 0. The van der Waals surface area contributed by atoms with Crippen molar-refractivity contribution < 1.29 is 4.79 Å². The number of anilines is 1. The van der Waals surface area contributed by atoms with Crippen molar-refractivity contribution >= 4 is 71.0 Å². The molecule has 0 heterocycles. The third kappa shape index (κ3) is 3.81. The molecule has 6 heteroatoms. The van der Waals surface area contributed by atoms with Crippen LogP contribution in [-0.4, -0.2) is 5.91 Å². The predicted octanol–water partition coefficient (Wildman–Crippen LogP) is 5.88. The van der Waals surface area contributed by atoms with Gasteiger partial charge in [0.2, 0.25) is 0 Å². The van der Waals surface area contributed by atoms with E-state index in [-0.39, 0.29) is 5.91 Å². The Kier molecular flexibility index (Phi) is 5.06. The summed E-state index contributed by atoms with van der Waals surface area (Å²) < 4.78 is 2.43. The van der Waals surface area contributed by atoms with Gasteiger partial charge in [0.05, 0.1) is 11.3 Å². The number of amides is 1. The van der Waals surface area contributed by atoms with E-state index in [9.17, 15) is 4.79 Å². The topological polar surface area (TPSA) is 29.1 Å². The molecule has 2 rings (SSSR count). The predicted molar refractivity (Wildman–Crippen MR) is 88.9 cm³/mol. The summed E-state index contributed by atoms with van der Waals surface area (Å²) in [5.74, 6) is -0.225. The van der Waals surface area contributed by atoms with Gasteiger partial charge in [0.15, 0.2) is 0 Å². The molecule has 19 heavy (non-hydrogen) atoms. The van der Waals surface area contributed by atoms with Gasteiger partial charge in [-0.3, -0.25) is 4.79 Å². The average Bonchev–Trinajstić information content (AvgIpc) is 2.35. The number of carbonyl (C=O) groups is 1. The van der Waals surface area contributed by atoms with Crippen molar-refractivity contribution in [2.75, 3.05) is 5.32 Å². The summed E-state index contributed by atoms with van der Waals surface area (Å²) in [6.07, 6.45) is 0. The Morgan fingerprint density at radius 1 is 1.00 bits per heavy atom. The van der Waals surface area contributed by atoms with Crippen molar-refractivity contribution in [3.63, 3.8) is 0 Å². The van der Waals surface area contributed by atoms with Crippen molar-refractivity contribution in [1.82, 2.24) is 0 Å². The summed E-state index contributed by atoms with van der Waals surface area (Å²) in [5, 5.41) is 3.34. The van der Waals surface area contributed by atoms with Gasteiger partial charge >= 0.3 is 0 Å². The highest BCUT2D eigenvalue weighted by atomic mass is 79.9. The zero-order valence-electron chi connectivity index (χ0n) is 9.38. The molecule has 0 fully saturated rings. The van der Waals surface area contributed by atoms with Crippen LogP contribution in [0.25, 0.3) is 0 Å². The lowest BCUT2D eigenvalue weighted by Gasteiger charge is -2.09. The highest BCUT2D eigenvalue weighted by molar-refractivity contribution is 9.11. The maximum atomic E-state index is 12.2. The van der Waals surface area contributed by atoms with Gasteiger partial charge in [-0.25, -0.2) is 0 Å². The van der Waals surface area contributed by atoms with Crippen molar-refractivity contribution in [1.29, 1.82) is 0 Å². The second-order valence-corrected chi connectivity index (χ2v) is 6.76. The van der Waals surface area contributed by atoms with Crippen molar-refractivity contribution in [2.45, 2.75) is 0 Å². The van der Waals surface area contributed by atoms with E-state index in [0.717, 1.165) is 8.95 Å². The maximum absolute atomic E-state index is 12.2. The van der Waals surface area contributed by atoms with Gasteiger partial charge in [-0.05, 0) is 68.3 Å². The molecule has 2 aromatic rings. The Labute approximate surface area is 140 Å². The van der Waals surface area contributed by atoms with E-state index in [1.807, 2.05) is 18.2 Å². The monoisotopic (exact) mass is 465 g/mol. The molecule has 98 valence electrons. The summed E-state index contributed by atoms with van der Waals surface area (Å²) in [4.78, 5) is 12.2. The van der Waals surface area contributed by atoms with E-state index in [1.165, 1.54) is 0 Å². The second-order valence-electron chi connectivity index (χ2n) is 3.70. The minimum atomic E-state index is -0.225. The number of nitrogens with one attached hydrogen (secondary N) is 1. The molecule has 0 unspecified atom stereocenters. The molecule has 2 nitrogen and oxygen atoms in total. The van der Waals surface area contributed by atoms with Gasteiger partial charge in [0, 0.05) is 18.4 Å². The van der Waals surface area contributed by atoms with Crippen LogP contribution >= 0.6 is 59.4 Å². The summed E-state index contributed by atoms with van der Waals surface area (Å²) in [7, 11) is 0. The zero-order chi connectivity index (χ0) is 14.0. The molecule has 0 aromatic heterocycles. The molecule has 0 atom stereocenters. The second kappa shape index (κ2) is 6.39. The van der Waals surface area contributed by atoms with Crippen LogP contribution in [0, 0.1) is 0 Å². The molecule has 0 saturated carbocycles. The fourth-order valence-corrected chi connectivity index (χ4v) is 3.20. The normalized spacial score (nSPS) is 10.3. The van der Waals surface area contributed by atoms with E-state index in [2.05, 4.69) is 53.1 Å². The Balaban J connectivity index is 2.28. The smallest absolute Gasteiger partial charge is 0.256 e. The molecular formula is C13H7Br3ClNO. The number of rotatable bonds is 2. The molecular weight excluding hydrogens is 461 g/mol. The molecule has 1 N–H and O–H groups in total. The summed E-state index contributed by atoms with van der Waals surface area (Å²) in [5.41, 5.74) is 1.18. The molecule has 0 aliphatic rings. The number of hydrogen-bond donors (Lipinski definition) is 1. The largest absolute Gasteiger partial charge is 0.321 e. The fourth-order valence-electron chi connectivity index (χ4n) is 1.45. The molecule has 0 aliphatic carbocycles. The van der Waals surface area contributed by atoms with Crippen LogP contribution in [-0.2, 0) is 0 Å². The molecule has 1 amide bonds. The Hall–Kier alpha value is -0.360. The minimum absolute atomic E-state index is 0.225. The lowest BCUT2D eigenvalue weighted by molar-refractivity contribution is 0.102. The minimum Gasteiger partial charge on any atom is -0.321 e. The third-order valence-electron chi connectivity index (χ3n) is 2.35. The molecule has 0 spiro atoms. The SMILES string of the molecule is O=C(Nc1ccc(Br)cc1Br)c1cc(Cl)ccc1Br. The van der Waals surface area contributed by atoms with Crippen LogP contribution in [0.4, 0.5) is 5.69 Å². The Morgan fingerprint density at radius 3 is 2.42 bits per heavy atom. The van der Waals surface area contributed by atoms with E-state index >= 15 is 0 Å². The summed E-state index contributed by atoms with van der Waals surface area (Å²) in [6.45, 7) is 0. The highest BCUT2D eigenvalue weighted by Gasteiger charge is 2.12. The summed E-state index contributed by atoms with van der Waals surface area (Å²) >= 11 is 16.0. The van der Waals surface area contributed by atoms with E-state index in [4.69, 9.17) is 11.6 Å². The van der Waals surface area contributed by atoms with Gasteiger partial charge in [-0.2, -0.15) is 0 Å². The van der Waals surface area contributed by atoms with Crippen LogP contribution < -0.4 is 5.32 Å². The first-order chi connectivity index (χ1) is 8.97. The Bertz CT molecular complexity index is 646. The first-order valence-electron chi connectivity index (χ1n) is 5.19. The highest BCUT2D eigenvalue weighted by Crippen LogP contribution is 2.28. The van der Waals surface area contributed by atoms with Crippen LogP contribution in [0.15, 0.2) is 49.8 Å². The lowest BCUT2D eigenvalue weighted by atomic mass is 10.2. The third-order valence-corrected chi connectivity index (χ3v) is 4.43. The quantitative estimate of drug-likeness (QED) is 0.586. The zero-order valence-corrected chi connectivity index (χ0v) is 14.9. The average molecular weight is 468 g/mol. The summed E-state index contributed by atoms with van der Waals surface area (Å²) in [6, 6.07) is 10.6. The molecule has 0 radical (unpaired) electrons. The first kappa shape index (κ1) is 15.0. The van der Waals surface area contributed by atoms with E-state index in [1.54, 1.807) is 18.2 Å². The van der Waals surface area contributed by atoms with Crippen molar-refractivity contribution in [3.05, 3.63) is 60.4 Å². The van der Waals surface area contributed by atoms with Gasteiger partial charge in [0.1, 0.15) is 0 Å². The van der Waals surface area contributed by atoms with Gasteiger partial charge < -0.3 is 5.32 Å². The first-order valence-corrected chi connectivity index (χ1v) is 7.94. The van der Waals surface area contributed by atoms with E-state index < -0.39 is 0 Å². The van der Waals surface area contributed by atoms with Crippen LogP contribution in [0.2, 0.25) is 5.02 Å². The van der Waals surface area contributed by atoms with Crippen molar-refractivity contribution in [3.8, 4) is 0 Å². The van der Waals surface area contributed by atoms with Crippen LogP contribution in [0.3, 0.4) is 0 Å². The number of halogens is 4. The number of carbonyl (C=O) groups excluding carboxylic acids is 1. The molecule has 0 bridgehead atoms. The Morgan fingerprint density at radius 2 is 1.74 bits per heavy atom.